The van der Waals surface area contributed by atoms with Crippen molar-refractivity contribution in [2.75, 3.05) is 12.8 Å². The zero-order valence-corrected chi connectivity index (χ0v) is 19.6. The average Bonchev–Trinajstić information content (AvgIpc) is 2.67. The van der Waals surface area contributed by atoms with Crippen molar-refractivity contribution in [2.45, 2.75) is 39.0 Å². The van der Waals surface area contributed by atoms with E-state index < -0.39 is 0 Å². The van der Waals surface area contributed by atoms with E-state index in [1.165, 1.54) is 5.56 Å². The van der Waals surface area contributed by atoms with Gasteiger partial charge in [0.25, 0.3) is 0 Å². The number of hydrogen-bond acceptors (Lipinski definition) is 5. The maximum atomic E-state index is 5.91. The molecule has 0 saturated heterocycles. The molecule has 0 radical (unpaired) electrons. The Morgan fingerprint density at radius 1 is 1.39 bits per heavy atom. The van der Waals surface area contributed by atoms with Crippen LogP contribution >= 0.6 is 27.9 Å². The Morgan fingerprint density at radius 3 is 2.82 bits per heavy atom. The Kier molecular flexibility index (Phi) is 8.45. The van der Waals surface area contributed by atoms with Crippen LogP contribution in [0.2, 0.25) is 0 Å². The predicted molar refractivity (Wildman–Crippen MR) is 127 cm³/mol. The summed E-state index contributed by atoms with van der Waals surface area (Å²) in [4.78, 5) is 3.26. The highest BCUT2D eigenvalue weighted by Crippen LogP contribution is 2.28. The summed E-state index contributed by atoms with van der Waals surface area (Å²) < 4.78 is 2.88. The van der Waals surface area contributed by atoms with E-state index in [4.69, 9.17) is 5.73 Å². The van der Waals surface area contributed by atoms with E-state index in [0.717, 1.165) is 32.9 Å². The minimum Gasteiger partial charge on any atom is -0.399 e. The van der Waals surface area contributed by atoms with Gasteiger partial charge in [0, 0.05) is 46.0 Å². The van der Waals surface area contributed by atoms with Crippen LogP contribution in [0, 0.1) is 12.8 Å². The topological polar surface area (TPSA) is 44.9 Å². The van der Waals surface area contributed by atoms with Gasteiger partial charge in [0.05, 0.1) is 11.9 Å². The number of hydrogen-bond donors (Lipinski definition) is 1. The van der Waals surface area contributed by atoms with Crippen LogP contribution in [0.4, 0.5) is 5.69 Å². The molecule has 1 aliphatic rings. The fraction of sp³-hybridized carbons (Fsp3) is 0.318. The Hall–Kier alpha value is -1.92. The van der Waals surface area contributed by atoms with E-state index in [9.17, 15) is 0 Å². The Bertz CT molecular complexity index is 839. The molecule has 4 nitrogen and oxygen atoms in total. The Balaban J connectivity index is 2.18. The summed E-state index contributed by atoms with van der Waals surface area (Å²) in [5.74, 6) is 0.507. The monoisotopic (exact) mass is 460 g/mol. The van der Waals surface area contributed by atoms with Gasteiger partial charge in [-0.25, -0.2) is 4.41 Å². The number of nitrogens with two attached hydrogens (primary N) is 1. The number of rotatable bonds is 7. The van der Waals surface area contributed by atoms with Gasteiger partial charge in [0.2, 0.25) is 0 Å². The smallest absolute Gasteiger partial charge is 0.0717 e. The third kappa shape index (κ3) is 6.31. The van der Waals surface area contributed by atoms with Crippen molar-refractivity contribution in [3.63, 3.8) is 0 Å². The van der Waals surface area contributed by atoms with Crippen LogP contribution in [-0.2, 0) is 0 Å². The largest absolute Gasteiger partial charge is 0.399 e. The lowest BCUT2D eigenvalue weighted by Crippen LogP contribution is -2.19. The molecule has 0 aliphatic carbocycles. The van der Waals surface area contributed by atoms with E-state index in [-0.39, 0.29) is 0 Å². The van der Waals surface area contributed by atoms with Crippen LogP contribution in [0.5, 0.6) is 0 Å². The van der Waals surface area contributed by atoms with E-state index in [1.807, 2.05) is 42.8 Å². The Morgan fingerprint density at radius 2 is 2.14 bits per heavy atom. The van der Waals surface area contributed by atoms with Gasteiger partial charge in [-0.15, -0.1) is 0 Å². The number of nitrogens with zero attached hydrogens (tertiary/aromatic N) is 3. The summed E-state index contributed by atoms with van der Waals surface area (Å²) in [5, 5.41) is 4.62. The molecule has 0 bridgehead atoms. The van der Waals surface area contributed by atoms with E-state index in [2.05, 4.69) is 77.2 Å². The number of benzene rings is 1. The molecule has 150 valence electrons. The van der Waals surface area contributed by atoms with Gasteiger partial charge in [-0.05, 0) is 65.5 Å². The average molecular weight is 461 g/mol. The highest BCUT2D eigenvalue weighted by molar-refractivity contribution is 9.11. The maximum Gasteiger partial charge on any atom is 0.0717 e. The Labute approximate surface area is 181 Å². The number of aryl methyl sites for hydroxylation is 1. The highest BCUT2D eigenvalue weighted by atomic mass is 79.9. The molecule has 1 aliphatic heterocycles. The molecular weight excluding hydrogens is 432 g/mol. The summed E-state index contributed by atoms with van der Waals surface area (Å²) in [7, 11) is 1.94. The third-order valence-electron chi connectivity index (χ3n) is 4.41. The molecule has 1 heterocycles. The number of allylic oxidation sites excluding steroid dienone is 6. The van der Waals surface area contributed by atoms with E-state index in [1.54, 1.807) is 11.9 Å². The summed E-state index contributed by atoms with van der Waals surface area (Å²) >= 11 is 5.14. The first-order chi connectivity index (χ1) is 13.3. The van der Waals surface area contributed by atoms with Gasteiger partial charge >= 0.3 is 0 Å². The molecule has 0 saturated carbocycles. The standard InChI is InChI=1S/C22H29BrN4S/c1-6-16(3)12-21-11-9-18(23)15-27(21)20(7-2)14-25-26(5)28-22-13-19(24)10-8-17(22)4/h7-16H,6,24H2,1-5H3/b20-7-,21-12+,25-14+. The van der Waals surface area contributed by atoms with Crippen LogP contribution in [-0.4, -0.2) is 22.6 Å². The van der Waals surface area contributed by atoms with Gasteiger partial charge in [-0.3, -0.25) is 0 Å². The first-order valence-electron chi connectivity index (χ1n) is 9.38. The highest BCUT2D eigenvalue weighted by Gasteiger charge is 2.14. The minimum atomic E-state index is 0.507. The van der Waals surface area contributed by atoms with Crippen molar-refractivity contribution >= 4 is 39.8 Å². The molecule has 6 heteroatoms. The van der Waals surface area contributed by atoms with Crippen LogP contribution in [0.15, 0.2) is 74.6 Å². The molecule has 28 heavy (non-hydrogen) atoms. The van der Waals surface area contributed by atoms with Crippen molar-refractivity contribution in [3.8, 4) is 0 Å². The van der Waals surface area contributed by atoms with Crippen molar-refractivity contribution in [1.82, 2.24) is 9.31 Å². The molecule has 1 aromatic carbocycles. The van der Waals surface area contributed by atoms with Crippen LogP contribution in [0.3, 0.4) is 0 Å². The lowest BCUT2D eigenvalue weighted by atomic mass is 10.1. The second-order valence-electron chi connectivity index (χ2n) is 6.73. The fourth-order valence-corrected chi connectivity index (χ4v) is 3.67. The quantitative estimate of drug-likeness (QED) is 0.220. The van der Waals surface area contributed by atoms with E-state index >= 15 is 0 Å². The summed E-state index contributed by atoms with van der Waals surface area (Å²) in [6, 6.07) is 5.92. The molecular formula is C22H29BrN4S. The number of nitrogen functional groups attached to an aromatic ring is 1. The van der Waals surface area contributed by atoms with Crippen molar-refractivity contribution in [1.29, 1.82) is 0 Å². The summed E-state index contributed by atoms with van der Waals surface area (Å²) in [5.41, 5.74) is 10.0. The molecule has 2 N–H and O–H groups in total. The van der Waals surface area contributed by atoms with Crippen molar-refractivity contribution in [2.24, 2.45) is 11.0 Å². The first kappa shape index (κ1) is 22.4. The molecule has 0 spiro atoms. The lowest BCUT2D eigenvalue weighted by Gasteiger charge is -2.26. The second-order valence-corrected chi connectivity index (χ2v) is 8.80. The molecule has 0 aromatic heterocycles. The first-order valence-corrected chi connectivity index (χ1v) is 10.9. The lowest BCUT2D eigenvalue weighted by molar-refractivity contribution is 0.582. The molecule has 0 fully saturated rings. The van der Waals surface area contributed by atoms with Crippen molar-refractivity contribution in [3.05, 3.63) is 70.1 Å². The second kappa shape index (κ2) is 10.6. The van der Waals surface area contributed by atoms with Gasteiger partial charge in [-0.1, -0.05) is 38.5 Å². The van der Waals surface area contributed by atoms with Crippen LogP contribution in [0.1, 0.15) is 32.8 Å². The third-order valence-corrected chi connectivity index (χ3v) is 5.88. The normalized spacial score (nSPS) is 17.4. The van der Waals surface area contributed by atoms with E-state index in [0.29, 0.717) is 5.92 Å². The molecule has 1 unspecified atom stereocenters. The predicted octanol–water partition coefficient (Wildman–Crippen LogP) is 6.44. The van der Waals surface area contributed by atoms with Gasteiger partial charge in [-0.2, -0.15) is 5.10 Å². The fourth-order valence-electron chi connectivity index (χ4n) is 2.55. The molecule has 0 amide bonds. The molecule has 1 aromatic rings. The van der Waals surface area contributed by atoms with Crippen LogP contribution < -0.4 is 5.73 Å². The number of halogens is 1. The van der Waals surface area contributed by atoms with Gasteiger partial charge in [0.15, 0.2) is 0 Å². The summed E-state index contributed by atoms with van der Waals surface area (Å²) in [6.07, 6.45) is 13.6. The summed E-state index contributed by atoms with van der Waals surface area (Å²) in [6.45, 7) is 8.53. The number of hydrazone groups is 1. The van der Waals surface area contributed by atoms with Crippen LogP contribution in [0.25, 0.3) is 0 Å². The van der Waals surface area contributed by atoms with Crippen molar-refractivity contribution < 1.29 is 0 Å². The number of anilines is 1. The molecule has 1 atom stereocenters. The van der Waals surface area contributed by atoms with Gasteiger partial charge in [0.1, 0.15) is 0 Å². The zero-order chi connectivity index (χ0) is 20.7. The SMILES string of the molecule is C/C=C(/C=N/N(C)Sc1cc(N)ccc1C)N1C=C(Br)C=C/C1=C\C(C)CC. The minimum absolute atomic E-state index is 0.507. The molecule has 2 rings (SSSR count). The maximum absolute atomic E-state index is 5.91. The zero-order valence-electron chi connectivity index (χ0n) is 17.2. The van der Waals surface area contributed by atoms with Gasteiger partial charge < -0.3 is 10.6 Å².